The van der Waals surface area contributed by atoms with E-state index in [4.69, 9.17) is 23.2 Å². The van der Waals surface area contributed by atoms with E-state index in [9.17, 15) is 26.7 Å². The highest BCUT2D eigenvalue weighted by Gasteiger charge is 2.61. The van der Waals surface area contributed by atoms with Crippen molar-refractivity contribution < 1.29 is 26.7 Å². The van der Waals surface area contributed by atoms with Crippen molar-refractivity contribution in [1.82, 2.24) is 4.98 Å². The molecule has 0 unspecified atom stereocenters. The third-order valence-electron chi connectivity index (χ3n) is 2.55. The van der Waals surface area contributed by atoms with Crippen molar-refractivity contribution in [2.24, 2.45) is 0 Å². The molecule has 1 heterocycles. The topological polar surface area (TPSA) is 30.0 Å². The van der Waals surface area contributed by atoms with Crippen LogP contribution in [0.4, 0.5) is 22.0 Å². The molecule has 0 spiro atoms. The van der Waals surface area contributed by atoms with Gasteiger partial charge in [-0.2, -0.15) is 22.0 Å². The molecule has 0 bridgehead atoms. The molecule has 1 aromatic heterocycles. The van der Waals surface area contributed by atoms with Crippen LogP contribution in [0.3, 0.4) is 0 Å². The van der Waals surface area contributed by atoms with Crippen molar-refractivity contribution >= 4 is 40.3 Å². The van der Waals surface area contributed by atoms with Crippen LogP contribution in [0.15, 0.2) is 24.3 Å². The number of ketones is 1. The number of carbonyl (C=O) groups excluding carboxylic acids is 1. The van der Waals surface area contributed by atoms with Gasteiger partial charge in [-0.15, -0.1) is 0 Å². The Morgan fingerprint density at radius 3 is 2.32 bits per heavy atom. The minimum Gasteiger partial charge on any atom is -0.288 e. The van der Waals surface area contributed by atoms with Crippen molar-refractivity contribution in [2.45, 2.75) is 12.1 Å². The number of alkyl halides is 5. The molecule has 0 aliphatic carbocycles. The first-order chi connectivity index (χ1) is 10.0. The van der Waals surface area contributed by atoms with E-state index in [-0.39, 0.29) is 21.9 Å². The van der Waals surface area contributed by atoms with Gasteiger partial charge in [-0.05, 0) is 12.1 Å². The first-order valence-electron chi connectivity index (χ1n) is 5.45. The average molecular weight is 376 g/mol. The van der Waals surface area contributed by atoms with E-state index < -0.39 is 32.9 Å². The second-order valence-corrected chi connectivity index (χ2v) is 6.07. The lowest BCUT2D eigenvalue weighted by atomic mass is 10.1. The second kappa shape index (κ2) is 5.75. The van der Waals surface area contributed by atoms with E-state index in [1.54, 1.807) is 0 Å². The van der Waals surface area contributed by atoms with Crippen LogP contribution in [0.1, 0.15) is 20.9 Å². The van der Waals surface area contributed by atoms with E-state index in [1.165, 1.54) is 18.2 Å². The number of halogens is 7. The Morgan fingerprint density at radius 2 is 1.77 bits per heavy atom. The van der Waals surface area contributed by atoms with Gasteiger partial charge in [-0.25, -0.2) is 4.98 Å². The molecule has 0 aliphatic heterocycles. The summed E-state index contributed by atoms with van der Waals surface area (Å²) in [5, 5.41) is 0.130. The average Bonchev–Trinajstić information content (AvgIpc) is 2.79. The van der Waals surface area contributed by atoms with E-state index >= 15 is 0 Å². The van der Waals surface area contributed by atoms with E-state index in [1.807, 2.05) is 0 Å². The molecule has 2 rings (SSSR count). The molecule has 0 N–H and O–H groups in total. The monoisotopic (exact) mass is 375 g/mol. The van der Waals surface area contributed by atoms with Crippen LogP contribution in [0.5, 0.6) is 0 Å². The second-order valence-electron chi connectivity index (χ2n) is 4.06. The van der Waals surface area contributed by atoms with Gasteiger partial charge < -0.3 is 0 Å². The highest BCUT2D eigenvalue weighted by Crippen LogP contribution is 2.46. The van der Waals surface area contributed by atoms with E-state index in [0.29, 0.717) is 0 Å². The van der Waals surface area contributed by atoms with Crippen molar-refractivity contribution in [3.63, 3.8) is 0 Å². The van der Waals surface area contributed by atoms with Gasteiger partial charge in [-0.1, -0.05) is 46.7 Å². The smallest absolute Gasteiger partial charge is 0.288 e. The van der Waals surface area contributed by atoms with E-state index in [2.05, 4.69) is 4.98 Å². The summed E-state index contributed by atoms with van der Waals surface area (Å²) in [5.74, 6) is -6.36. The lowest BCUT2D eigenvalue weighted by molar-refractivity contribution is -0.290. The quantitative estimate of drug-likeness (QED) is 0.535. The highest BCUT2D eigenvalue weighted by atomic mass is 35.5. The molecule has 0 radical (unpaired) electrons. The summed E-state index contributed by atoms with van der Waals surface area (Å²) >= 11 is 11.3. The maximum absolute atomic E-state index is 13.5. The van der Waals surface area contributed by atoms with Gasteiger partial charge in [0.15, 0.2) is 4.47 Å². The molecule has 0 saturated heterocycles. The SMILES string of the molecule is O=C(c1cccc(Cl)c1)c1sc(Cl)nc1C(F)(F)C(F)(F)F. The minimum absolute atomic E-state index is 0.130. The predicted molar refractivity (Wildman–Crippen MR) is 72.0 cm³/mol. The molecule has 22 heavy (non-hydrogen) atoms. The van der Waals surface area contributed by atoms with Crippen LogP contribution in [0.25, 0.3) is 0 Å². The van der Waals surface area contributed by atoms with Crippen LogP contribution < -0.4 is 0 Å². The van der Waals surface area contributed by atoms with Crippen molar-refractivity contribution in [2.75, 3.05) is 0 Å². The normalized spacial score (nSPS) is 12.5. The maximum atomic E-state index is 13.5. The molecular weight excluding hydrogens is 372 g/mol. The summed E-state index contributed by atoms with van der Waals surface area (Å²) in [6.45, 7) is 0. The lowest BCUT2D eigenvalue weighted by Gasteiger charge is -2.18. The summed E-state index contributed by atoms with van der Waals surface area (Å²) in [6.07, 6.45) is -5.90. The Hall–Kier alpha value is -1.25. The predicted octanol–water partition coefficient (Wildman–Crippen LogP) is 5.34. The molecule has 0 saturated carbocycles. The van der Waals surface area contributed by atoms with Gasteiger partial charge in [0.25, 0.3) is 0 Å². The first kappa shape index (κ1) is 17.1. The largest absolute Gasteiger partial charge is 0.459 e. The third kappa shape index (κ3) is 3.09. The van der Waals surface area contributed by atoms with Crippen LogP contribution in [-0.4, -0.2) is 16.9 Å². The fourth-order valence-corrected chi connectivity index (χ4v) is 2.85. The Balaban J connectivity index is 2.56. The lowest BCUT2D eigenvalue weighted by Crippen LogP contribution is -2.35. The third-order valence-corrected chi connectivity index (χ3v) is 3.94. The van der Waals surface area contributed by atoms with E-state index in [0.717, 1.165) is 6.07 Å². The number of hydrogen-bond donors (Lipinski definition) is 0. The Morgan fingerprint density at radius 1 is 1.14 bits per heavy atom. The molecular formula is C12H4Cl2F5NOS. The number of nitrogens with zero attached hydrogens (tertiary/aromatic N) is 1. The maximum Gasteiger partial charge on any atom is 0.459 e. The molecule has 1 aromatic carbocycles. The zero-order valence-corrected chi connectivity index (χ0v) is 12.5. The molecule has 0 amide bonds. The number of hydrogen-bond acceptors (Lipinski definition) is 3. The zero-order valence-electron chi connectivity index (χ0n) is 10.2. The molecule has 2 aromatic rings. The molecule has 0 aliphatic rings. The van der Waals surface area contributed by atoms with Crippen LogP contribution in [0, 0.1) is 0 Å². The zero-order chi connectivity index (χ0) is 16.7. The fourth-order valence-electron chi connectivity index (χ4n) is 1.56. The first-order valence-corrected chi connectivity index (χ1v) is 7.03. The van der Waals surface area contributed by atoms with Crippen molar-refractivity contribution in [3.8, 4) is 0 Å². The number of rotatable bonds is 3. The molecule has 118 valence electrons. The van der Waals surface area contributed by atoms with Crippen LogP contribution in [0.2, 0.25) is 9.49 Å². The number of aromatic nitrogens is 1. The summed E-state index contributed by atoms with van der Waals surface area (Å²) in [4.78, 5) is 14.3. The summed E-state index contributed by atoms with van der Waals surface area (Å²) in [5.41, 5.74) is -1.85. The van der Waals surface area contributed by atoms with Gasteiger partial charge in [0.05, 0.1) is 0 Å². The van der Waals surface area contributed by atoms with Crippen molar-refractivity contribution in [1.29, 1.82) is 0 Å². The molecule has 0 atom stereocenters. The van der Waals surface area contributed by atoms with Gasteiger partial charge in [0, 0.05) is 10.6 Å². The van der Waals surface area contributed by atoms with Gasteiger partial charge >= 0.3 is 12.1 Å². The minimum atomic E-state index is -5.90. The number of thiazole rings is 1. The van der Waals surface area contributed by atoms with Crippen molar-refractivity contribution in [3.05, 3.63) is 49.9 Å². The molecule has 0 fully saturated rings. The summed E-state index contributed by atoms with van der Waals surface area (Å²) in [6, 6.07) is 5.16. The number of carbonyl (C=O) groups is 1. The van der Waals surface area contributed by atoms with Gasteiger partial charge in [0.2, 0.25) is 5.78 Å². The standard InChI is InChI=1S/C12H4Cl2F5NOS/c13-6-3-1-2-5(4-6)7(21)8-9(20-10(14)22-8)11(15,16)12(17,18)19/h1-4H. The van der Waals surface area contributed by atoms with Gasteiger partial charge in [-0.3, -0.25) is 4.79 Å². The van der Waals surface area contributed by atoms with Crippen LogP contribution in [-0.2, 0) is 5.92 Å². The van der Waals surface area contributed by atoms with Gasteiger partial charge in [0.1, 0.15) is 10.6 Å². The Labute approximate surface area is 134 Å². The number of benzene rings is 1. The highest BCUT2D eigenvalue weighted by molar-refractivity contribution is 7.17. The fraction of sp³-hybridized carbons (Fsp3) is 0.167. The van der Waals surface area contributed by atoms with Crippen LogP contribution >= 0.6 is 34.5 Å². The molecule has 10 heteroatoms. The summed E-state index contributed by atoms with van der Waals surface area (Å²) < 4.78 is 63.8. The molecule has 2 nitrogen and oxygen atoms in total. The Kier molecular flexibility index (Phi) is 4.47. The Bertz CT molecular complexity index is 729. The summed E-state index contributed by atoms with van der Waals surface area (Å²) in [7, 11) is 0.